The van der Waals surface area contributed by atoms with Gasteiger partial charge in [-0.3, -0.25) is 0 Å². The molecule has 1 saturated carbocycles. The molecule has 0 aromatic rings. The van der Waals surface area contributed by atoms with E-state index in [1.807, 2.05) is 0 Å². The van der Waals surface area contributed by atoms with Crippen LogP contribution in [0.4, 0.5) is 17.7 Å². The summed E-state index contributed by atoms with van der Waals surface area (Å²) in [5.41, 5.74) is -1.22. The van der Waals surface area contributed by atoms with Crippen LogP contribution in [-0.4, -0.2) is 36.7 Å². The fourth-order valence-corrected chi connectivity index (χ4v) is 2.82. The minimum Gasteiger partial charge on any atom is -0.449 e. The van der Waals surface area contributed by atoms with E-state index in [1.54, 1.807) is 27.7 Å². The summed E-state index contributed by atoms with van der Waals surface area (Å²) >= 11 is 0. The van der Waals surface area contributed by atoms with Gasteiger partial charge in [-0.25, -0.2) is 4.79 Å². The number of ether oxygens (including phenoxy) is 1. The van der Waals surface area contributed by atoms with E-state index in [0.717, 1.165) is 0 Å². The average Bonchev–Trinajstić information content (AvgIpc) is 2.70. The second-order valence-electron chi connectivity index (χ2n) is 7.02. The van der Waals surface area contributed by atoms with Crippen molar-refractivity contribution >= 4 is 13.1 Å². The summed E-state index contributed by atoms with van der Waals surface area (Å²) < 4.78 is 43.3. The smallest absolute Gasteiger partial charge is 0.449 e. The first kappa shape index (κ1) is 18.8. The van der Waals surface area contributed by atoms with Crippen LogP contribution in [0.15, 0.2) is 0 Å². The Bertz CT molecular complexity index is 393. The van der Waals surface area contributed by atoms with Gasteiger partial charge >= 0.3 is 64.5 Å². The molecule has 110 valence electrons. The van der Waals surface area contributed by atoms with E-state index in [-0.39, 0.29) is 63.7 Å². The predicted molar refractivity (Wildman–Crippen MR) is 66.8 cm³/mol. The summed E-state index contributed by atoms with van der Waals surface area (Å²) in [4.78, 5) is 13.2. The number of hydrogen-bond acceptors (Lipinski definition) is 2. The van der Waals surface area contributed by atoms with Crippen molar-refractivity contribution in [3.05, 3.63) is 0 Å². The number of nitrogens with zero attached hydrogens (tertiary/aromatic N) is 1. The molecule has 3 nitrogen and oxygen atoms in total. The SMILES string of the molecule is CC(C)(C)OC(=O)N1CC(C2(C)CC2[B-](F)(F)F)C1.[K+]. The maximum Gasteiger partial charge on any atom is 1.00 e. The number of hydrogen-bond donors (Lipinski definition) is 0. The average molecular weight is 317 g/mol. The third-order valence-electron chi connectivity index (χ3n) is 4.27. The molecule has 0 aromatic heterocycles. The van der Waals surface area contributed by atoms with Crippen molar-refractivity contribution in [1.29, 1.82) is 0 Å². The standard InChI is InChI=1S/C12H20BF3NO2.K/c1-11(2,3)19-10(18)17-6-8(7-17)12(4)5-9(12)13(14,15)16;/h8-9H,5-7H2,1-4H3;/q-1;+1. The maximum absolute atomic E-state index is 12.7. The zero-order valence-corrected chi connectivity index (χ0v) is 15.9. The molecular formula is C12H20BF3KNO2. The van der Waals surface area contributed by atoms with Crippen LogP contribution in [0.5, 0.6) is 0 Å². The van der Waals surface area contributed by atoms with Gasteiger partial charge in [0.15, 0.2) is 0 Å². The fourth-order valence-electron chi connectivity index (χ4n) is 2.82. The van der Waals surface area contributed by atoms with Gasteiger partial charge in [-0.05, 0) is 32.1 Å². The van der Waals surface area contributed by atoms with Gasteiger partial charge in [0.25, 0.3) is 0 Å². The van der Waals surface area contributed by atoms with Crippen molar-refractivity contribution in [2.24, 2.45) is 11.3 Å². The van der Waals surface area contributed by atoms with Crippen LogP contribution in [-0.2, 0) is 4.74 Å². The van der Waals surface area contributed by atoms with Gasteiger partial charge in [0.1, 0.15) is 5.60 Å². The predicted octanol–water partition coefficient (Wildman–Crippen LogP) is 0.485. The van der Waals surface area contributed by atoms with Crippen LogP contribution in [0, 0.1) is 11.3 Å². The van der Waals surface area contributed by atoms with Crippen molar-refractivity contribution in [1.82, 2.24) is 4.90 Å². The molecule has 8 heteroatoms. The van der Waals surface area contributed by atoms with Gasteiger partial charge in [0.05, 0.1) is 0 Å². The Balaban J connectivity index is 0.00000200. The maximum atomic E-state index is 12.7. The quantitative estimate of drug-likeness (QED) is 0.694. The third-order valence-corrected chi connectivity index (χ3v) is 4.27. The van der Waals surface area contributed by atoms with Crippen LogP contribution in [0.2, 0.25) is 5.82 Å². The molecule has 2 unspecified atom stereocenters. The van der Waals surface area contributed by atoms with Crippen LogP contribution in [0.1, 0.15) is 34.1 Å². The van der Waals surface area contributed by atoms with E-state index in [2.05, 4.69) is 0 Å². The first-order valence-corrected chi connectivity index (χ1v) is 6.61. The van der Waals surface area contributed by atoms with E-state index in [9.17, 15) is 17.7 Å². The van der Waals surface area contributed by atoms with Crippen molar-refractivity contribution in [2.45, 2.75) is 45.5 Å². The van der Waals surface area contributed by atoms with Gasteiger partial charge in [0.2, 0.25) is 0 Å². The Morgan fingerprint density at radius 2 is 1.80 bits per heavy atom. The summed E-state index contributed by atoms with van der Waals surface area (Å²) in [6, 6.07) is 0. The Morgan fingerprint density at radius 1 is 1.30 bits per heavy atom. The Morgan fingerprint density at radius 3 is 2.15 bits per heavy atom. The molecule has 2 aliphatic rings. The number of rotatable bonds is 2. The number of carbonyl (C=O) groups is 1. The summed E-state index contributed by atoms with van der Waals surface area (Å²) in [5.74, 6) is -1.19. The molecule has 0 spiro atoms. The Hall–Kier alpha value is 0.761. The number of likely N-dealkylation sites (tertiary alicyclic amines) is 1. The Labute approximate surface area is 160 Å². The number of halogens is 3. The molecule has 2 fully saturated rings. The molecule has 1 aliphatic carbocycles. The van der Waals surface area contributed by atoms with E-state index in [0.29, 0.717) is 13.1 Å². The second kappa shape index (κ2) is 5.76. The molecule has 1 heterocycles. The van der Waals surface area contributed by atoms with Crippen LogP contribution in [0.25, 0.3) is 0 Å². The monoisotopic (exact) mass is 317 g/mol. The van der Waals surface area contributed by atoms with E-state index in [4.69, 9.17) is 4.74 Å². The topological polar surface area (TPSA) is 29.5 Å². The molecule has 1 saturated heterocycles. The minimum atomic E-state index is -4.75. The van der Waals surface area contributed by atoms with Gasteiger partial charge in [-0.1, -0.05) is 19.2 Å². The van der Waals surface area contributed by atoms with Gasteiger partial charge in [-0.15, -0.1) is 0 Å². The third kappa shape index (κ3) is 3.94. The van der Waals surface area contributed by atoms with Crippen molar-refractivity contribution in [3.8, 4) is 0 Å². The van der Waals surface area contributed by atoms with E-state index >= 15 is 0 Å². The van der Waals surface area contributed by atoms with Gasteiger partial charge in [0, 0.05) is 13.1 Å². The largest absolute Gasteiger partial charge is 1.00 e. The summed E-state index contributed by atoms with van der Waals surface area (Å²) in [6.07, 6.45) is -0.217. The number of amides is 1. The zero-order valence-electron chi connectivity index (χ0n) is 12.8. The zero-order chi connectivity index (χ0) is 14.6. The van der Waals surface area contributed by atoms with Gasteiger partial charge in [-0.2, -0.15) is 0 Å². The molecule has 2 rings (SSSR count). The van der Waals surface area contributed by atoms with E-state index < -0.39 is 29.9 Å². The second-order valence-corrected chi connectivity index (χ2v) is 7.02. The van der Waals surface area contributed by atoms with Crippen LogP contribution in [0.3, 0.4) is 0 Å². The first-order valence-electron chi connectivity index (χ1n) is 6.61. The molecule has 0 N–H and O–H groups in total. The summed E-state index contributed by atoms with van der Waals surface area (Å²) in [6.45, 7) is 3.01. The van der Waals surface area contributed by atoms with Gasteiger partial charge < -0.3 is 22.6 Å². The van der Waals surface area contributed by atoms with Crippen LogP contribution < -0.4 is 51.4 Å². The van der Waals surface area contributed by atoms with E-state index in [1.165, 1.54) is 4.90 Å². The Kier molecular flexibility index (Phi) is 5.41. The molecular weight excluding hydrogens is 297 g/mol. The molecule has 0 radical (unpaired) electrons. The molecule has 20 heavy (non-hydrogen) atoms. The summed E-state index contributed by atoms with van der Waals surface area (Å²) in [5, 5.41) is 0. The first-order chi connectivity index (χ1) is 8.43. The molecule has 1 aliphatic heterocycles. The molecule has 2 atom stereocenters. The fraction of sp³-hybridized carbons (Fsp3) is 0.917. The summed E-state index contributed by atoms with van der Waals surface area (Å²) in [7, 11) is 0. The normalized spacial score (nSPS) is 30.4. The number of carbonyl (C=O) groups excluding carboxylic acids is 1. The van der Waals surface area contributed by atoms with Crippen molar-refractivity contribution in [3.63, 3.8) is 0 Å². The molecule has 0 aromatic carbocycles. The van der Waals surface area contributed by atoms with Crippen molar-refractivity contribution in [2.75, 3.05) is 13.1 Å². The molecule has 0 bridgehead atoms. The molecule has 1 amide bonds. The van der Waals surface area contributed by atoms with Crippen molar-refractivity contribution < 1.29 is 73.9 Å². The minimum absolute atomic E-state index is 0. The van der Waals surface area contributed by atoms with Crippen LogP contribution >= 0.6 is 0 Å².